The van der Waals surface area contributed by atoms with Gasteiger partial charge in [-0.05, 0) is 30.4 Å². The van der Waals surface area contributed by atoms with E-state index in [-0.39, 0.29) is 5.11 Å². The van der Waals surface area contributed by atoms with E-state index in [4.69, 9.17) is 18.0 Å². The molecular formula is C13H12N6S. The molecule has 3 heterocycles. The number of fused-ring (bicyclic) bond motifs is 1. The zero-order chi connectivity index (χ0) is 14.1. The van der Waals surface area contributed by atoms with Crippen LogP contribution in [0.15, 0.2) is 36.8 Å². The van der Waals surface area contributed by atoms with Gasteiger partial charge in [0.15, 0.2) is 5.11 Å². The van der Waals surface area contributed by atoms with Crippen molar-refractivity contribution in [1.29, 1.82) is 0 Å². The van der Waals surface area contributed by atoms with Gasteiger partial charge < -0.3 is 11.1 Å². The molecule has 0 aliphatic heterocycles. The SMILES string of the molecule is Cn1cc(-c2cnc3ccc(NC(N)=S)nc3c2)cn1. The van der Waals surface area contributed by atoms with E-state index >= 15 is 0 Å². The Balaban J connectivity index is 2.06. The molecule has 6 nitrogen and oxygen atoms in total. The number of rotatable bonds is 2. The first-order valence-electron chi connectivity index (χ1n) is 5.94. The van der Waals surface area contributed by atoms with E-state index in [0.29, 0.717) is 5.82 Å². The Bertz CT molecular complexity index is 794. The smallest absolute Gasteiger partial charge is 0.169 e. The third-order valence-electron chi connectivity index (χ3n) is 2.83. The molecule has 20 heavy (non-hydrogen) atoms. The lowest BCUT2D eigenvalue weighted by atomic mass is 10.1. The van der Waals surface area contributed by atoms with Gasteiger partial charge in [0.2, 0.25) is 0 Å². The van der Waals surface area contributed by atoms with Gasteiger partial charge in [-0.25, -0.2) is 4.98 Å². The van der Waals surface area contributed by atoms with E-state index in [1.165, 1.54) is 0 Å². The Labute approximate surface area is 120 Å². The molecule has 0 aromatic carbocycles. The van der Waals surface area contributed by atoms with Crippen molar-refractivity contribution >= 4 is 34.2 Å². The molecule has 7 heteroatoms. The minimum Gasteiger partial charge on any atom is -0.376 e. The number of pyridine rings is 2. The molecule has 0 amide bonds. The molecule has 0 fully saturated rings. The summed E-state index contributed by atoms with van der Waals surface area (Å²) in [7, 11) is 1.88. The summed E-state index contributed by atoms with van der Waals surface area (Å²) in [6.07, 6.45) is 5.53. The third-order valence-corrected chi connectivity index (χ3v) is 2.93. The summed E-state index contributed by atoms with van der Waals surface area (Å²) in [5.41, 5.74) is 8.99. The maximum Gasteiger partial charge on any atom is 0.169 e. The molecule has 0 aliphatic carbocycles. The van der Waals surface area contributed by atoms with Crippen LogP contribution in [0.1, 0.15) is 0 Å². The van der Waals surface area contributed by atoms with Gasteiger partial charge in [-0.1, -0.05) is 0 Å². The fourth-order valence-corrected chi connectivity index (χ4v) is 2.04. The Morgan fingerprint density at radius 2 is 2.10 bits per heavy atom. The number of nitrogens with zero attached hydrogens (tertiary/aromatic N) is 4. The minimum atomic E-state index is 0.188. The largest absolute Gasteiger partial charge is 0.376 e. The highest BCUT2D eigenvalue weighted by Gasteiger charge is 2.05. The summed E-state index contributed by atoms with van der Waals surface area (Å²) in [6.45, 7) is 0. The van der Waals surface area contributed by atoms with Crippen molar-refractivity contribution in [2.24, 2.45) is 12.8 Å². The van der Waals surface area contributed by atoms with Crippen molar-refractivity contribution in [3.63, 3.8) is 0 Å². The van der Waals surface area contributed by atoms with Crippen molar-refractivity contribution in [2.45, 2.75) is 0 Å². The third kappa shape index (κ3) is 2.43. The number of aromatic nitrogens is 4. The van der Waals surface area contributed by atoms with Crippen molar-refractivity contribution in [2.75, 3.05) is 5.32 Å². The van der Waals surface area contributed by atoms with Crippen LogP contribution in [0.3, 0.4) is 0 Å². The zero-order valence-electron chi connectivity index (χ0n) is 10.7. The van der Waals surface area contributed by atoms with Crippen LogP contribution in [-0.4, -0.2) is 24.9 Å². The van der Waals surface area contributed by atoms with Gasteiger partial charge in [-0.15, -0.1) is 0 Å². The van der Waals surface area contributed by atoms with Crippen LogP contribution in [0.25, 0.3) is 22.2 Å². The van der Waals surface area contributed by atoms with Gasteiger partial charge in [-0.3, -0.25) is 9.67 Å². The van der Waals surface area contributed by atoms with Crippen LogP contribution >= 0.6 is 12.2 Å². The highest BCUT2D eigenvalue weighted by Crippen LogP contribution is 2.22. The van der Waals surface area contributed by atoms with Crippen LogP contribution in [0.4, 0.5) is 5.82 Å². The maximum atomic E-state index is 5.45. The Kier molecular flexibility index (Phi) is 3.03. The quantitative estimate of drug-likeness (QED) is 0.697. The molecule has 0 saturated carbocycles. The summed E-state index contributed by atoms with van der Waals surface area (Å²) in [5, 5.41) is 7.15. The zero-order valence-corrected chi connectivity index (χ0v) is 11.6. The molecule has 3 rings (SSSR count). The molecule has 0 unspecified atom stereocenters. The lowest BCUT2D eigenvalue weighted by molar-refractivity contribution is 0.768. The second-order valence-corrected chi connectivity index (χ2v) is 4.79. The second kappa shape index (κ2) is 4.86. The van der Waals surface area contributed by atoms with E-state index in [2.05, 4.69) is 20.4 Å². The summed E-state index contributed by atoms with van der Waals surface area (Å²) in [6, 6.07) is 5.62. The molecular weight excluding hydrogens is 272 g/mol. The van der Waals surface area contributed by atoms with E-state index in [1.807, 2.05) is 31.6 Å². The minimum absolute atomic E-state index is 0.188. The molecule has 0 atom stereocenters. The van der Waals surface area contributed by atoms with Crippen LogP contribution in [0.2, 0.25) is 0 Å². The predicted octanol–water partition coefficient (Wildman–Crippen LogP) is 1.69. The highest BCUT2D eigenvalue weighted by atomic mass is 32.1. The summed E-state index contributed by atoms with van der Waals surface area (Å²) in [4.78, 5) is 8.84. The van der Waals surface area contributed by atoms with Crippen molar-refractivity contribution in [1.82, 2.24) is 19.7 Å². The molecule has 0 spiro atoms. The van der Waals surface area contributed by atoms with Crippen molar-refractivity contribution < 1.29 is 0 Å². The Hall–Kier alpha value is -2.54. The fraction of sp³-hybridized carbons (Fsp3) is 0.0769. The first-order chi connectivity index (χ1) is 9.61. The molecule has 3 aromatic rings. The Morgan fingerprint density at radius 1 is 1.25 bits per heavy atom. The van der Waals surface area contributed by atoms with E-state index in [0.717, 1.165) is 22.2 Å². The number of hydrogen-bond acceptors (Lipinski definition) is 4. The second-order valence-electron chi connectivity index (χ2n) is 4.35. The number of nitrogens with two attached hydrogens (primary N) is 1. The Morgan fingerprint density at radius 3 is 2.80 bits per heavy atom. The van der Waals surface area contributed by atoms with Gasteiger partial charge in [-0.2, -0.15) is 5.10 Å². The van der Waals surface area contributed by atoms with Gasteiger partial charge in [0, 0.05) is 30.6 Å². The average molecular weight is 284 g/mol. The number of nitrogens with one attached hydrogen (secondary N) is 1. The van der Waals surface area contributed by atoms with Crippen LogP contribution in [0.5, 0.6) is 0 Å². The number of anilines is 1. The van der Waals surface area contributed by atoms with Gasteiger partial charge in [0.1, 0.15) is 5.82 Å². The van der Waals surface area contributed by atoms with Crippen LogP contribution in [-0.2, 0) is 7.05 Å². The molecule has 0 radical (unpaired) electrons. The summed E-state index contributed by atoms with van der Waals surface area (Å²) < 4.78 is 1.75. The van der Waals surface area contributed by atoms with E-state index < -0.39 is 0 Å². The molecule has 0 aliphatic rings. The van der Waals surface area contributed by atoms with Crippen LogP contribution < -0.4 is 11.1 Å². The lowest BCUT2D eigenvalue weighted by Crippen LogP contribution is -2.19. The van der Waals surface area contributed by atoms with Gasteiger partial charge in [0.25, 0.3) is 0 Å². The monoisotopic (exact) mass is 284 g/mol. The average Bonchev–Trinajstić information content (AvgIpc) is 2.84. The first kappa shape index (κ1) is 12.5. The van der Waals surface area contributed by atoms with E-state index in [9.17, 15) is 0 Å². The number of aryl methyl sites for hydroxylation is 1. The van der Waals surface area contributed by atoms with Crippen LogP contribution in [0, 0.1) is 0 Å². The fourth-order valence-electron chi connectivity index (χ4n) is 1.93. The standard InChI is InChI=1S/C13H12N6S/c1-19-7-9(6-16-19)8-4-11-10(15-5-8)2-3-12(17-11)18-13(14)20/h2-7H,1H3,(H3,14,17,18,20). The molecule has 3 N–H and O–H groups in total. The summed E-state index contributed by atoms with van der Waals surface area (Å²) in [5.74, 6) is 0.607. The van der Waals surface area contributed by atoms with Gasteiger partial charge in [0.05, 0.1) is 17.2 Å². The molecule has 3 aromatic heterocycles. The number of thiocarbonyl (C=S) groups is 1. The normalized spacial score (nSPS) is 10.7. The summed E-state index contributed by atoms with van der Waals surface area (Å²) >= 11 is 4.81. The maximum absolute atomic E-state index is 5.45. The highest BCUT2D eigenvalue weighted by molar-refractivity contribution is 7.80. The molecule has 100 valence electrons. The molecule has 0 saturated heterocycles. The van der Waals surface area contributed by atoms with Crippen molar-refractivity contribution in [3.8, 4) is 11.1 Å². The number of hydrogen-bond donors (Lipinski definition) is 2. The van der Waals surface area contributed by atoms with Gasteiger partial charge >= 0.3 is 0 Å². The first-order valence-corrected chi connectivity index (χ1v) is 6.35. The lowest BCUT2D eigenvalue weighted by Gasteiger charge is -2.05. The van der Waals surface area contributed by atoms with E-state index in [1.54, 1.807) is 16.9 Å². The van der Waals surface area contributed by atoms with Crippen molar-refractivity contribution in [3.05, 3.63) is 36.8 Å². The predicted molar refractivity (Wildman–Crippen MR) is 82.1 cm³/mol. The topological polar surface area (TPSA) is 81.7 Å². The molecule has 0 bridgehead atoms.